The van der Waals surface area contributed by atoms with Crippen LogP contribution in [0.4, 0.5) is 0 Å². The molecule has 1 heterocycles. The molecule has 1 N–H and O–H groups in total. The largest absolute Gasteiger partial charge is 0.478 e. The maximum atomic E-state index is 11.4. The predicted octanol–water partition coefficient (Wildman–Crippen LogP) is 4.04. The highest BCUT2D eigenvalue weighted by molar-refractivity contribution is 5.95. The summed E-state index contributed by atoms with van der Waals surface area (Å²) in [7, 11) is 0. The van der Waals surface area contributed by atoms with Crippen molar-refractivity contribution in [2.24, 2.45) is 0 Å². The van der Waals surface area contributed by atoms with Crippen LogP contribution in [0, 0.1) is 0 Å². The molecule has 0 saturated carbocycles. The molecule has 3 aromatic rings. The quantitative estimate of drug-likeness (QED) is 0.652. The standard InChI is InChI=1S/C21H23N3O3/c1-3-13-27-21-22-19(24(4-2)23-21)14-15-9-11-16(12-10-15)17-7-5-6-8-18(17)20(25)26/h5-12H,3-4,13-14H2,1-2H3,(H,25,26). The molecule has 6 heteroatoms. The van der Waals surface area contributed by atoms with Crippen molar-refractivity contribution in [2.45, 2.75) is 33.2 Å². The van der Waals surface area contributed by atoms with Crippen molar-refractivity contribution >= 4 is 5.97 Å². The molecular weight excluding hydrogens is 342 g/mol. The third kappa shape index (κ3) is 4.34. The number of rotatable bonds is 8. The summed E-state index contributed by atoms with van der Waals surface area (Å²) in [5, 5.41) is 13.7. The minimum Gasteiger partial charge on any atom is -0.478 e. The van der Waals surface area contributed by atoms with Gasteiger partial charge >= 0.3 is 12.0 Å². The lowest BCUT2D eigenvalue weighted by Crippen LogP contribution is -2.04. The van der Waals surface area contributed by atoms with E-state index in [2.05, 4.69) is 10.1 Å². The van der Waals surface area contributed by atoms with Crippen LogP contribution in [-0.2, 0) is 13.0 Å². The van der Waals surface area contributed by atoms with Crippen LogP contribution in [-0.4, -0.2) is 32.4 Å². The molecule has 0 aliphatic heterocycles. The summed E-state index contributed by atoms with van der Waals surface area (Å²) in [5.74, 6) is -0.0763. The van der Waals surface area contributed by atoms with Gasteiger partial charge in [-0.1, -0.05) is 49.4 Å². The van der Waals surface area contributed by atoms with Crippen LogP contribution in [0.3, 0.4) is 0 Å². The van der Waals surface area contributed by atoms with Gasteiger partial charge < -0.3 is 9.84 Å². The molecule has 3 rings (SSSR count). The molecule has 140 valence electrons. The molecule has 2 aromatic carbocycles. The van der Waals surface area contributed by atoms with E-state index in [4.69, 9.17) is 4.74 Å². The smallest absolute Gasteiger partial charge is 0.336 e. The minimum atomic E-state index is -0.926. The van der Waals surface area contributed by atoms with E-state index in [1.165, 1.54) is 0 Å². The van der Waals surface area contributed by atoms with Crippen molar-refractivity contribution < 1.29 is 14.6 Å². The lowest BCUT2D eigenvalue weighted by atomic mass is 9.98. The van der Waals surface area contributed by atoms with Gasteiger partial charge in [0.25, 0.3) is 0 Å². The number of carboxylic acid groups (broad SMARTS) is 1. The van der Waals surface area contributed by atoms with Crippen LogP contribution in [0.5, 0.6) is 6.01 Å². The first kappa shape index (κ1) is 18.6. The highest BCUT2D eigenvalue weighted by atomic mass is 16.5. The molecule has 0 unspecified atom stereocenters. The van der Waals surface area contributed by atoms with E-state index in [0.717, 1.165) is 29.9 Å². The summed E-state index contributed by atoms with van der Waals surface area (Å²) in [5.41, 5.74) is 2.97. The Hall–Kier alpha value is -3.15. The fourth-order valence-corrected chi connectivity index (χ4v) is 2.90. The van der Waals surface area contributed by atoms with Gasteiger partial charge in [0.2, 0.25) is 0 Å². The number of aryl methyl sites for hydroxylation is 1. The van der Waals surface area contributed by atoms with Gasteiger partial charge in [-0.05, 0) is 36.1 Å². The molecular formula is C21H23N3O3. The zero-order valence-corrected chi connectivity index (χ0v) is 15.6. The maximum absolute atomic E-state index is 11.4. The minimum absolute atomic E-state index is 0.300. The van der Waals surface area contributed by atoms with Gasteiger partial charge in [-0.3, -0.25) is 0 Å². The number of carboxylic acids is 1. The first-order valence-electron chi connectivity index (χ1n) is 9.10. The number of benzene rings is 2. The Labute approximate surface area is 158 Å². The van der Waals surface area contributed by atoms with Crippen LogP contribution in [0.15, 0.2) is 48.5 Å². The van der Waals surface area contributed by atoms with Crippen LogP contribution in [0.1, 0.15) is 42.0 Å². The van der Waals surface area contributed by atoms with Crippen molar-refractivity contribution in [3.8, 4) is 17.1 Å². The Morgan fingerprint density at radius 1 is 1.11 bits per heavy atom. The summed E-state index contributed by atoms with van der Waals surface area (Å²) in [4.78, 5) is 15.9. The van der Waals surface area contributed by atoms with Crippen molar-refractivity contribution in [2.75, 3.05) is 6.61 Å². The molecule has 0 saturated heterocycles. The fourth-order valence-electron chi connectivity index (χ4n) is 2.90. The molecule has 0 spiro atoms. The first-order chi connectivity index (χ1) is 13.1. The van der Waals surface area contributed by atoms with Gasteiger partial charge in [0.1, 0.15) is 5.82 Å². The number of hydrogen-bond donors (Lipinski definition) is 1. The van der Waals surface area contributed by atoms with Gasteiger partial charge in [0, 0.05) is 13.0 Å². The molecule has 0 aliphatic rings. The molecule has 1 aromatic heterocycles. The third-order valence-corrected chi connectivity index (χ3v) is 4.25. The van der Waals surface area contributed by atoms with Gasteiger partial charge in [-0.25, -0.2) is 9.48 Å². The second-order valence-corrected chi connectivity index (χ2v) is 6.20. The predicted molar refractivity (Wildman–Crippen MR) is 103 cm³/mol. The van der Waals surface area contributed by atoms with E-state index in [-0.39, 0.29) is 0 Å². The van der Waals surface area contributed by atoms with Crippen molar-refractivity contribution in [1.82, 2.24) is 14.8 Å². The highest BCUT2D eigenvalue weighted by Crippen LogP contribution is 2.24. The van der Waals surface area contributed by atoms with Gasteiger partial charge in [0.05, 0.1) is 12.2 Å². The van der Waals surface area contributed by atoms with Crippen molar-refractivity contribution in [1.29, 1.82) is 0 Å². The van der Waals surface area contributed by atoms with Gasteiger partial charge in [-0.15, -0.1) is 5.10 Å². The summed E-state index contributed by atoms with van der Waals surface area (Å²) < 4.78 is 7.38. The fraction of sp³-hybridized carbons (Fsp3) is 0.286. The average molecular weight is 365 g/mol. The molecule has 27 heavy (non-hydrogen) atoms. The zero-order chi connectivity index (χ0) is 19.2. The molecule has 0 aliphatic carbocycles. The monoisotopic (exact) mass is 365 g/mol. The molecule has 0 atom stereocenters. The third-order valence-electron chi connectivity index (χ3n) is 4.25. The summed E-state index contributed by atoms with van der Waals surface area (Å²) in [6.07, 6.45) is 1.55. The van der Waals surface area contributed by atoms with E-state index in [0.29, 0.717) is 30.2 Å². The Morgan fingerprint density at radius 3 is 2.52 bits per heavy atom. The Morgan fingerprint density at radius 2 is 1.85 bits per heavy atom. The number of aromatic carboxylic acids is 1. The van der Waals surface area contributed by atoms with Crippen molar-refractivity contribution in [3.63, 3.8) is 0 Å². The van der Waals surface area contributed by atoms with Crippen LogP contribution >= 0.6 is 0 Å². The Balaban J connectivity index is 1.81. The normalized spacial score (nSPS) is 10.7. The lowest BCUT2D eigenvalue weighted by molar-refractivity contribution is 0.0697. The van der Waals surface area contributed by atoms with E-state index in [1.54, 1.807) is 12.1 Å². The van der Waals surface area contributed by atoms with E-state index in [9.17, 15) is 9.90 Å². The number of nitrogens with zero attached hydrogens (tertiary/aromatic N) is 3. The van der Waals surface area contributed by atoms with Crippen LogP contribution in [0.25, 0.3) is 11.1 Å². The Bertz CT molecular complexity index is 917. The summed E-state index contributed by atoms with van der Waals surface area (Å²) in [6, 6.07) is 15.3. The number of aromatic nitrogens is 3. The molecule has 0 amide bonds. The molecule has 0 radical (unpaired) electrons. The van der Waals surface area contributed by atoms with E-state index < -0.39 is 5.97 Å². The lowest BCUT2D eigenvalue weighted by Gasteiger charge is -2.08. The number of ether oxygens (including phenoxy) is 1. The number of carbonyl (C=O) groups is 1. The maximum Gasteiger partial charge on any atom is 0.336 e. The number of hydrogen-bond acceptors (Lipinski definition) is 4. The summed E-state index contributed by atoms with van der Waals surface area (Å²) in [6.45, 7) is 5.39. The Kier molecular flexibility index (Phi) is 5.86. The highest BCUT2D eigenvalue weighted by Gasteiger charge is 2.13. The van der Waals surface area contributed by atoms with Crippen LogP contribution in [0.2, 0.25) is 0 Å². The SMILES string of the molecule is CCCOc1nc(Cc2ccc(-c3ccccc3C(=O)O)cc2)n(CC)n1. The second kappa shape index (κ2) is 8.49. The zero-order valence-electron chi connectivity index (χ0n) is 15.6. The van der Waals surface area contributed by atoms with Gasteiger partial charge in [0.15, 0.2) is 0 Å². The van der Waals surface area contributed by atoms with Crippen molar-refractivity contribution in [3.05, 3.63) is 65.5 Å². The van der Waals surface area contributed by atoms with E-state index in [1.807, 2.05) is 54.9 Å². The molecule has 6 nitrogen and oxygen atoms in total. The molecule has 0 fully saturated rings. The summed E-state index contributed by atoms with van der Waals surface area (Å²) >= 11 is 0. The average Bonchev–Trinajstić information content (AvgIpc) is 3.08. The van der Waals surface area contributed by atoms with E-state index >= 15 is 0 Å². The molecule has 0 bridgehead atoms. The van der Waals surface area contributed by atoms with Crippen LogP contribution < -0.4 is 4.74 Å². The second-order valence-electron chi connectivity index (χ2n) is 6.20. The first-order valence-corrected chi connectivity index (χ1v) is 9.10. The topological polar surface area (TPSA) is 77.2 Å². The van der Waals surface area contributed by atoms with Gasteiger partial charge in [-0.2, -0.15) is 4.98 Å².